The van der Waals surface area contributed by atoms with Gasteiger partial charge >= 0.3 is 0 Å². The van der Waals surface area contributed by atoms with E-state index in [-0.39, 0.29) is 6.61 Å². The topological polar surface area (TPSA) is 52.9 Å². The Kier molecular flexibility index (Phi) is 8.87. The highest BCUT2D eigenvalue weighted by Gasteiger charge is 2.09. The molecule has 1 atom stereocenters. The van der Waals surface area contributed by atoms with E-state index in [9.17, 15) is 5.11 Å². The minimum absolute atomic E-state index is 0.0925. The lowest BCUT2D eigenvalue weighted by Crippen LogP contribution is -2.36. The number of aliphatic hydroxyl groups excluding tert-OH is 2. The summed E-state index contributed by atoms with van der Waals surface area (Å²) in [6.07, 6.45) is 1.25. The second-order valence-electron chi connectivity index (χ2n) is 3.09. The fourth-order valence-electron chi connectivity index (χ4n) is 1.19. The molecule has 0 amide bonds. The van der Waals surface area contributed by atoms with Crippen molar-refractivity contribution in [1.82, 2.24) is 4.90 Å². The molecule has 0 aliphatic carbocycles. The monoisotopic (exact) mass is 203 g/mol. The maximum absolute atomic E-state index is 9.52. The molecule has 0 fully saturated rings. The molecular weight excluding hydrogens is 182 g/mol. The zero-order chi connectivity index (χ0) is 10.8. The van der Waals surface area contributed by atoms with Gasteiger partial charge in [-0.1, -0.05) is 6.08 Å². The summed E-state index contributed by atoms with van der Waals surface area (Å²) in [5.41, 5.74) is 0. The molecule has 0 saturated carbocycles. The minimum Gasteiger partial charge on any atom is -0.395 e. The van der Waals surface area contributed by atoms with E-state index in [1.807, 2.05) is 11.8 Å². The highest BCUT2D eigenvalue weighted by Crippen LogP contribution is 1.94. The van der Waals surface area contributed by atoms with Crippen LogP contribution in [0.4, 0.5) is 0 Å². The van der Waals surface area contributed by atoms with Gasteiger partial charge in [0.2, 0.25) is 0 Å². The molecule has 4 heteroatoms. The molecule has 0 aromatic carbocycles. The van der Waals surface area contributed by atoms with E-state index in [1.165, 1.54) is 0 Å². The average Bonchev–Trinajstić information content (AvgIpc) is 2.15. The number of ether oxygens (including phenoxy) is 1. The van der Waals surface area contributed by atoms with Gasteiger partial charge in [-0.25, -0.2) is 0 Å². The number of aliphatic hydroxyl groups is 2. The van der Waals surface area contributed by atoms with E-state index in [4.69, 9.17) is 9.84 Å². The fraction of sp³-hybridized carbons (Fsp3) is 0.800. The van der Waals surface area contributed by atoms with Crippen molar-refractivity contribution >= 4 is 0 Å². The Bertz CT molecular complexity index is 141. The molecule has 0 aromatic heterocycles. The summed E-state index contributed by atoms with van der Waals surface area (Å²) >= 11 is 0. The first kappa shape index (κ1) is 13.6. The lowest BCUT2D eigenvalue weighted by molar-refractivity contribution is 0.0206. The Morgan fingerprint density at radius 1 is 1.57 bits per heavy atom. The third-order valence-electron chi connectivity index (χ3n) is 1.79. The van der Waals surface area contributed by atoms with Gasteiger partial charge in [0.1, 0.15) is 0 Å². The standard InChI is InChI=1S/C10H21NO3/c1-3-5-11(6-7-12)8-10(13)9-14-4-2/h3,10,12-13H,1,4-9H2,2H3. The van der Waals surface area contributed by atoms with Crippen molar-refractivity contribution in [2.75, 3.05) is 39.5 Å². The molecule has 0 aliphatic heterocycles. The maximum Gasteiger partial charge on any atom is 0.0900 e. The highest BCUT2D eigenvalue weighted by atomic mass is 16.5. The molecular formula is C10H21NO3. The summed E-state index contributed by atoms with van der Waals surface area (Å²) in [7, 11) is 0. The number of rotatable bonds is 9. The van der Waals surface area contributed by atoms with Gasteiger partial charge in [-0.05, 0) is 6.92 Å². The smallest absolute Gasteiger partial charge is 0.0900 e. The van der Waals surface area contributed by atoms with E-state index in [0.29, 0.717) is 32.8 Å². The van der Waals surface area contributed by atoms with Gasteiger partial charge < -0.3 is 14.9 Å². The summed E-state index contributed by atoms with van der Waals surface area (Å²) in [6, 6.07) is 0. The van der Waals surface area contributed by atoms with Crippen LogP contribution in [-0.4, -0.2) is 60.7 Å². The molecule has 0 rings (SSSR count). The first-order valence-corrected chi connectivity index (χ1v) is 4.94. The van der Waals surface area contributed by atoms with Crippen molar-refractivity contribution < 1.29 is 14.9 Å². The van der Waals surface area contributed by atoms with Crippen LogP contribution in [0.5, 0.6) is 0 Å². The van der Waals surface area contributed by atoms with E-state index in [1.54, 1.807) is 6.08 Å². The molecule has 0 radical (unpaired) electrons. The van der Waals surface area contributed by atoms with Crippen LogP contribution in [0.1, 0.15) is 6.92 Å². The summed E-state index contributed by atoms with van der Waals surface area (Å²) in [4.78, 5) is 1.93. The van der Waals surface area contributed by atoms with Crippen molar-refractivity contribution in [2.45, 2.75) is 13.0 Å². The van der Waals surface area contributed by atoms with Gasteiger partial charge in [0.05, 0.1) is 19.3 Å². The van der Waals surface area contributed by atoms with E-state index in [2.05, 4.69) is 6.58 Å². The summed E-state index contributed by atoms with van der Waals surface area (Å²) in [5, 5.41) is 18.3. The number of hydrogen-bond donors (Lipinski definition) is 2. The summed E-state index contributed by atoms with van der Waals surface area (Å²) in [5.74, 6) is 0. The van der Waals surface area contributed by atoms with Gasteiger partial charge in [0, 0.05) is 26.2 Å². The lowest BCUT2D eigenvalue weighted by Gasteiger charge is -2.22. The molecule has 0 heterocycles. The molecule has 0 bridgehead atoms. The Balaban J connectivity index is 3.70. The largest absolute Gasteiger partial charge is 0.395 e. The van der Waals surface area contributed by atoms with E-state index >= 15 is 0 Å². The zero-order valence-corrected chi connectivity index (χ0v) is 8.85. The van der Waals surface area contributed by atoms with Gasteiger partial charge in [-0.2, -0.15) is 0 Å². The summed E-state index contributed by atoms with van der Waals surface area (Å²) < 4.78 is 5.09. The number of nitrogens with zero attached hydrogens (tertiary/aromatic N) is 1. The molecule has 0 aromatic rings. The lowest BCUT2D eigenvalue weighted by atomic mass is 10.3. The maximum atomic E-state index is 9.52. The van der Waals surface area contributed by atoms with Crippen LogP contribution in [-0.2, 0) is 4.74 Å². The number of hydrogen-bond acceptors (Lipinski definition) is 4. The minimum atomic E-state index is -0.499. The summed E-state index contributed by atoms with van der Waals surface area (Å²) in [6.45, 7) is 8.28. The molecule has 2 N–H and O–H groups in total. The van der Waals surface area contributed by atoms with Gasteiger partial charge in [0.25, 0.3) is 0 Å². The van der Waals surface area contributed by atoms with Gasteiger partial charge in [0.15, 0.2) is 0 Å². The zero-order valence-electron chi connectivity index (χ0n) is 8.85. The molecule has 14 heavy (non-hydrogen) atoms. The van der Waals surface area contributed by atoms with Gasteiger partial charge in [-0.15, -0.1) is 6.58 Å². The molecule has 1 unspecified atom stereocenters. The Morgan fingerprint density at radius 2 is 2.29 bits per heavy atom. The van der Waals surface area contributed by atoms with Crippen molar-refractivity contribution in [2.24, 2.45) is 0 Å². The van der Waals surface area contributed by atoms with Crippen molar-refractivity contribution in [3.8, 4) is 0 Å². The van der Waals surface area contributed by atoms with Crippen LogP contribution in [0, 0.1) is 0 Å². The van der Waals surface area contributed by atoms with Crippen LogP contribution in [0.3, 0.4) is 0 Å². The molecule has 0 aliphatic rings. The van der Waals surface area contributed by atoms with Crippen LogP contribution in [0.2, 0.25) is 0 Å². The molecule has 0 saturated heterocycles. The first-order chi connectivity index (χ1) is 6.74. The van der Waals surface area contributed by atoms with E-state index in [0.717, 1.165) is 0 Å². The molecule has 0 spiro atoms. The fourth-order valence-corrected chi connectivity index (χ4v) is 1.19. The first-order valence-electron chi connectivity index (χ1n) is 4.94. The normalized spacial score (nSPS) is 13.1. The SMILES string of the molecule is C=CCN(CCO)CC(O)COCC. The molecule has 84 valence electrons. The Morgan fingerprint density at radius 3 is 2.79 bits per heavy atom. The molecule has 4 nitrogen and oxygen atoms in total. The predicted molar refractivity (Wildman–Crippen MR) is 56.2 cm³/mol. The second-order valence-corrected chi connectivity index (χ2v) is 3.09. The van der Waals surface area contributed by atoms with Crippen LogP contribution < -0.4 is 0 Å². The van der Waals surface area contributed by atoms with Gasteiger partial charge in [-0.3, -0.25) is 4.90 Å². The predicted octanol–water partition coefficient (Wildman–Crippen LogP) is -0.136. The second kappa shape index (κ2) is 9.15. The van der Waals surface area contributed by atoms with E-state index < -0.39 is 6.10 Å². The highest BCUT2D eigenvalue weighted by molar-refractivity contribution is 4.75. The van der Waals surface area contributed by atoms with Crippen LogP contribution >= 0.6 is 0 Å². The van der Waals surface area contributed by atoms with Crippen molar-refractivity contribution in [1.29, 1.82) is 0 Å². The van der Waals surface area contributed by atoms with Crippen molar-refractivity contribution in [3.05, 3.63) is 12.7 Å². The van der Waals surface area contributed by atoms with Crippen LogP contribution in [0.15, 0.2) is 12.7 Å². The third kappa shape index (κ3) is 7.03. The Hall–Kier alpha value is -0.420. The Labute approximate surface area is 85.8 Å². The van der Waals surface area contributed by atoms with Crippen molar-refractivity contribution in [3.63, 3.8) is 0 Å². The van der Waals surface area contributed by atoms with Crippen LogP contribution in [0.25, 0.3) is 0 Å². The average molecular weight is 203 g/mol. The third-order valence-corrected chi connectivity index (χ3v) is 1.79. The quantitative estimate of drug-likeness (QED) is 0.512.